The minimum Gasteiger partial charge on any atom is -0.352 e. The molecular weight excluding hydrogens is 510 g/mol. The molecule has 0 fully saturated rings. The highest BCUT2D eigenvalue weighted by molar-refractivity contribution is 7.99. The van der Waals surface area contributed by atoms with Crippen LogP contribution in [0.4, 0.5) is 5.69 Å². The fourth-order valence-electron chi connectivity index (χ4n) is 3.80. The number of amides is 2. The van der Waals surface area contributed by atoms with Gasteiger partial charge in [0, 0.05) is 41.9 Å². The number of benzene rings is 3. The van der Waals surface area contributed by atoms with Gasteiger partial charge in [-0.1, -0.05) is 72.3 Å². The molecule has 0 bridgehead atoms. The summed E-state index contributed by atoms with van der Waals surface area (Å²) >= 11 is 7.82. The van der Waals surface area contributed by atoms with Crippen molar-refractivity contribution in [2.75, 3.05) is 5.75 Å². The van der Waals surface area contributed by atoms with Crippen LogP contribution in [0.5, 0.6) is 0 Å². The molecule has 0 radical (unpaired) electrons. The maximum absolute atomic E-state index is 13.6. The number of non-ortho nitro benzene ring substituents is 1. The van der Waals surface area contributed by atoms with Crippen molar-refractivity contribution < 1.29 is 14.5 Å². The average molecular weight is 540 g/mol. The number of nitrogens with zero attached hydrogens (tertiary/aromatic N) is 2. The fraction of sp³-hybridized carbons (Fsp3) is 0.286. The number of carbonyl (C=O) groups excluding carboxylic acids is 2. The summed E-state index contributed by atoms with van der Waals surface area (Å²) in [4.78, 5) is 39.0. The fourth-order valence-corrected chi connectivity index (χ4v) is 4.86. The number of rotatable bonds is 12. The Morgan fingerprint density at radius 1 is 0.973 bits per heavy atom. The Bertz CT molecular complexity index is 1210. The van der Waals surface area contributed by atoms with Crippen LogP contribution in [-0.4, -0.2) is 39.5 Å². The van der Waals surface area contributed by atoms with Gasteiger partial charge in [-0.3, -0.25) is 19.7 Å². The van der Waals surface area contributed by atoms with Crippen molar-refractivity contribution in [1.82, 2.24) is 10.2 Å². The van der Waals surface area contributed by atoms with Gasteiger partial charge >= 0.3 is 0 Å². The summed E-state index contributed by atoms with van der Waals surface area (Å²) in [6.45, 7) is 3.97. The summed E-state index contributed by atoms with van der Waals surface area (Å²) in [5, 5.41) is 14.4. The molecule has 0 saturated carbocycles. The first-order valence-corrected chi connectivity index (χ1v) is 13.5. The van der Waals surface area contributed by atoms with Crippen LogP contribution in [0.15, 0.2) is 78.9 Å². The molecule has 3 rings (SSSR count). The first-order chi connectivity index (χ1) is 17.7. The van der Waals surface area contributed by atoms with E-state index in [2.05, 4.69) is 5.32 Å². The Labute approximate surface area is 226 Å². The molecule has 3 aromatic rings. The molecule has 9 heteroatoms. The van der Waals surface area contributed by atoms with Gasteiger partial charge < -0.3 is 10.2 Å². The van der Waals surface area contributed by atoms with Crippen LogP contribution in [-0.2, 0) is 28.3 Å². The van der Waals surface area contributed by atoms with Crippen molar-refractivity contribution in [3.05, 3.63) is 111 Å². The molecule has 1 N–H and O–H groups in total. The van der Waals surface area contributed by atoms with Gasteiger partial charge in [-0.05, 0) is 36.6 Å². The van der Waals surface area contributed by atoms with Crippen molar-refractivity contribution in [1.29, 1.82) is 0 Å². The Kier molecular flexibility index (Phi) is 10.5. The minimum absolute atomic E-state index is 0.0238. The molecule has 0 aliphatic rings. The number of halogens is 1. The average Bonchev–Trinajstić information content (AvgIpc) is 2.87. The van der Waals surface area contributed by atoms with Gasteiger partial charge in [0.2, 0.25) is 11.8 Å². The molecule has 2 amide bonds. The number of thioether (sulfide) groups is 1. The Hall–Kier alpha value is -3.36. The third-order valence-electron chi connectivity index (χ3n) is 5.64. The normalized spacial score (nSPS) is 11.7. The zero-order valence-corrected chi connectivity index (χ0v) is 22.4. The molecule has 0 aliphatic heterocycles. The molecule has 1 atom stereocenters. The van der Waals surface area contributed by atoms with Crippen molar-refractivity contribution in [2.24, 2.45) is 0 Å². The van der Waals surface area contributed by atoms with Crippen molar-refractivity contribution >= 4 is 40.9 Å². The number of nitro benzene ring substituents is 1. The van der Waals surface area contributed by atoms with Crippen LogP contribution < -0.4 is 5.32 Å². The Morgan fingerprint density at radius 2 is 1.62 bits per heavy atom. The maximum atomic E-state index is 13.6. The number of hydrogen-bond donors (Lipinski definition) is 1. The lowest BCUT2D eigenvalue weighted by molar-refractivity contribution is -0.384. The maximum Gasteiger partial charge on any atom is 0.269 e. The second kappa shape index (κ2) is 13.8. The van der Waals surface area contributed by atoms with Gasteiger partial charge in [-0.15, -0.1) is 11.8 Å². The van der Waals surface area contributed by atoms with Crippen LogP contribution in [0.25, 0.3) is 0 Å². The predicted molar refractivity (Wildman–Crippen MR) is 148 cm³/mol. The molecule has 0 heterocycles. The topological polar surface area (TPSA) is 92.6 Å². The molecule has 0 spiro atoms. The lowest BCUT2D eigenvalue weighted by Crippen LogP contribution is -2.52. The molecule has 0 aliphatic carbocycles. The van der Waals surface area contributed by atoms with E-state index in [1.54, 1.807) is 23.1 Å². The third-order valence-corrected chi connectivity index (χ3v) is 7.00. The third kappa shape index (κ3) is 8.61. The number of hydrogen-bond acceptors (Lipinski definition) is 5. The van der Waals surface area contributed by atoms with E-state index in [0.29, 0.717) is 17.2 Å². The van der Waals surface area contributed by atoms with Gasteiger partial charge in [0.1, 0.15) is 6.04 Å². The van der Waals surface area contributed by atoms with E-state index in [0.717, 1.165) is 16.7 Å². The highest BCUT2D eigenvalue weighted by Crippen LogP contribution is 2.23. The molecular formula is C28H30ClN3O4S. The van der Waals surface area contributed by atoms with Gasteiger partial charge in [0.05, 0.1) is 10.7 Å². The van der Waals surface area contributed by atoms with E-state index in [9.17, 15) is 19.7 Å². The molecule has 0 saturated heterocycles. The molecule has 194 valence electrons. The predicted octanol–water partition coefficient (Wildman–Crippen LogP) is 5.65. The number of nitrogens with one attached hydrogen (secondary N) is 1. The van der Waals surface area contributed by atoms with Gasteiger partial charge in [-0.25, -0.2) is 0 Å². The van der Waals surface area contributed by atoms with Crippen LogP contribution >= 0.6 is 23.4 Å². The quantitative estimate of drug-likeness (QED) is 0.237. The van der Waals surface area contributed by atoms with E-state index >= 15 is 0 Å². The van der Waals surface area contributed by atoms with Crippen molar-refractivity contribution in [3.8, 4) is 0 Å². The Balaban J connectivity index is 1.83. The summed E-state index contributed by atoms with van der Waals surface area (Å²) in [6, 6.07) is 22.4. The van der Waals surface area contributed by atoms with Crippen LogP contribution in [0.1, 0.15) is 30.5 Å². The molecule has 7 nitrogen and oxygen atoms in total. The summed E-state index contributed by atoms with van der Waals surface area (Å²) in [5.74, 6) is 0.235. The van der Waals surface area contributed by atoms with Crippen LogP contribution in [0.3, 0.4) is 0 Å². The van der Waals surface area contributed by atoms with Crippen molar-refractivity contribution in [2.45, 2.75) is 44.6 Å². The standard InChI is InChI=1S/C28H30ClN3O4S/c1-20(2)30-28(34)26(16-21-8-4-3-5-9-21)31(17-23-10-6-7-11-25(23)29)27(33)19-37-18-22-12-14-24(15-13-22)32(35)36/h3-15,20,26H,16-19H2,1-2H3,(H,30,34)/t26-/m0/s1. The Morgan fingerprint density at radius 3 is 2.24 bits per heavy atom. The largest absolute Gasteiger partial charge is 0.352 e. The van der Waals surface area contributed by atoms with Crippen LogP contribution in [0, 0.1) is 10.1 Å². The van der Waals surface area contributed by atoms with E-state index in [4.69, 9.17) is 11.6 Å². The van der Waals surface area contributed by atoms with Gasteiger partial charge in [0.15, 0.2) is 0 Å². The van der Waals surface area contributed by atoms with Crippen molar-refractivity contribution in [3.63, 3.8) is 0 Å². The lowest BCUT2D eigenvalue weighted by Gasteiger charge is -2.32. The zero-order chi connectivity index (χ0) is 26.8. The highest BCUT2D eigenvalue weighted by Gasteiger charge is 2.31. The summed E-state index contributed by atoms with van der Waals surface area (Å²) in [7, 11) is 0. The number of carbonyl (C=O) groups is 2. The van der Waals surface area contributed by atoms with Gasteiger partial charge in [-0.2, -0.15) is 0 Å². The molecule has 3 aromatic carbocycles. The van der Waals surface area contributed by atoms with E-state index in [1.807, 2.05) is 62.4 Å². The number of nitro groups is 1. The second-order valence-electron chi connectivity index (χ2n) is 8.90. The van der Waals surface area contributed by atoms with E-state index in [-0.39, 0.29) is 35.8 Å². The lowest BCUT2D eigenvalue weighted by atomic mass is 10.0. The second-order valence-corrected chi connectivity index (χ2v) is 10.3. The van der Waals surface area contributed by atoms with Gasteiger partial charge in [0.25, 0.3) is 5.69 Å². The van der Waals surface area contributed by atoms with E-state index < -0.39 is 11.0 Å². The molecule has 0 unspecified atom stereocenters. The highest BCUT2D eigenvalue weighted by atomic mass is 35.5. The zero-order valence-electron chi connectivity index (χ0n) is 20.8. The first-order valence-electron chi connectivity index (χ1n) is 11.9. The molecule has 0 aromatic heterocycles. The summed E-state index contributed by atoms with van der Waals surface area (Å²) in [6.07, 6.45) is 0.364. The first kappa shape index (κ1) is 28.2. The SMILES string of the molecule is CC(C)NC(=O)[C@H](Cc1ccccc1)N(Cc1ccccc1Cl)C(=O)CSCc1ccc([N+](=O)[O-])cc1. The summed E-state index contributed by atoms with van der Waals surface area (Å²) in [5.41, 5.74) is 2.60. The van der Waals surface area contributed by atoms with Crippen LogP contribution in [0.2, 0.25) is 5.02 Å². The van der Waals surface area contributed by atoms with E-state index in [1.165, 1.54) is 23.9 Å². The molecule has 37 heavy (non-hydrogen) atoms. The smallest absolute Gasteiger partial charge is 0.269 e. The monoisotopic (exact) mass is 539 g/mol. The minimum atomic E-state index is -0.728. The summed E-state index contributed by atoms with van der Waals surface area (Å²) < 4.78 is 0.